The summed E-state index contributed by atoms with van der Waals surface area (Å²) in [4.78, 5) is 11.6. The Balaban J connectivity index is 2.45. The van der Waals surface area contributed by atoms with Crippen LogP contribution in [-0.4, -0.2) is 19.7 Å². The molecule has 0 spiro atoms. The SMILES string of the molecule is CCC(C)(C)c1ccc(OCCCC(C)(C)C(=O)OC)cc1. The first kappa shape index (κ1) is 18.5. The lowest BCUT2D eigenvalue weighted by Gasteiger charge is -2.23. The monoisotopic (exact) mass is 306 g/mol. The molecule has 0 heterocycles. The van der Waals surface area contributed by atoms with Crippen molar-refractivity contribution in [2.24, 2.45) is 5.41 Å². The summed E-state index contributed by atoms with van der Waals surface area (Å²) in [6.07, 6.45) is 2.68. The van der Waals surface area contributed by atoms with Crippen LogP contribution in [0.1, 0.15) is 59.4 Å². The second-order valence-corrected chi connectivity index (χ2v) is 7.09. The highest BCUT2D eigenvalue weighted by Gasteiger charge is 2.27. The third-order valence-corrected chi connectivity index (χ3v) is 4.47. The lowest BCUT2D eigenvalue weighted by molar-refractivity contribution is -0.151. The summed E-state index contributed by atoms with van der Waals surface area (Å²) >= 11 is 0. The van der Waals surface area contributed by atoms with Crippen LogP contribution >= 0.6 is 0 Å². The number of rotatable bonds is 8. The van der Waals surface area contributed by atoms with Crippen molar-refractivity contribution in [1.82, 2.24) is 0 Å². The van der Waals surface area contributed by atoms with Gasteiger partial charge in [-0.05, 0) is 56.2 Å². The zero-order valence-electron chi connectivity index (χ0n) is 14.9. The van der Waals surface area contributed by atoms with Gasteiger partial charge in [0.1, 0.15) is 5.75 Å². The van der Waals surface area contributed by atoms with Gasteiger partial charge in [0, 0.05) is 0 Å². The minimum Gasteiger partial charge on any atom is -0.494 e. The number of carbonyl (C=O) groups excluding carboxylic acids is 1. The van der Waals surface area contributed by atoms with Crippen molar-refractivity contribution in [2.75, 3.05) is 13.7 Å². The minimum atomic E-state index is -0.451. The van der Waals surface area contributed by atoms with Gasteiger partial charge in [0.25, 0.3) is 0 Å². The third kappa shape index (κ3) is 5.04. The minimum absolute atomic E-state index is 0.168. The number of benzene rings is 1. The standard InChI is InChI=1S/C19H30O3/c1-7-18(2,3)15-9-11-16(12-10-15)22-14-8-13-19(4,5)17(20)21-6/h9-12H,7-8,13-14H2,1-6H3. The van der Waals surface area contributed by atoms with Crippen molar-refractivity contribution in [2.45, 2.75) is 59.3 Å². The first-order valence-electron chi connectivity index (χ1n) is 8.04. The van der Waals surface area contributed by atoms with Gasteiger partial charge in [0.2, 0.25) is 0 Å². The van der Waals surface area contributed by atoms with E-state index >= 15 is 0 Å². The van der Waals surface area contributed by atoms with E-state index in [1.165, 1.54) is 12.7 Å². The zero-order valence-corrected chi connectivity index (χ0v) is 14.9. The van der Waals surface area contributed by atoms with E-state index in [-0.39, 0.29) is 11.4 Å². The molecule has 124 valence electrons. The van der Waals surface area contributed by atoms with Gasteiger partial charge in [0.05, 0.1) is 19.1 Å². The fourth-order valence-corrected chi connectivity index (χ4v) is 2.29. The smallest absolute Gasteiger partial charge is 0.311 e. The predicted molar refractivity (Wildman–Crippen MR) is 90.3 cm³/mol. The van der Waals surface area contributed by atoms with Gasteiger partial charge in [-0.3, -0.25) is 4.79 Å². The summed E-state index contributed by atoms with van der Waals surface area (Å²) in [5.41, 5.74) is 1.07. The molecule has 1 rings (SSSR count). The van der Waals surface area contributed by atoms with Crippen molar-refractivity contribution < 1.29 is 14.3 Å². The summed E-state index contributed by atoms with van der Waals surface area (Å²) in [5, 5.41) is 0. The second-order valence-electron chi connectivity index (χ2n) is 7.09. The molecule has 0 saturated carbocycles. The molecule has 1 aromatic rings. The summed E-state index contributed by atoms with van der Waals surface area (Å²) in [6.45, 7) is 11.1. The molecule has 0 aromatic heterocycles. The number of hydrogen-bond donors (Lipinski definition) is 0. The quantitative estimate of drug-likeness (QED) is 0.514. The van der Waals surface area contributed by atoms with Gasteiger partial charge in [-0.15, -0.1) is 0 Å². The lowest BCUT2D eigenvalue weighted by atomic mass is 9.82. The molecule has 0 amide bonds. The Bertz CT molecular complexity index is 472. The first-order chi connectivity index (χ1) is 10.2. The van der Waals surface area contributed by atoms with E-state index in [9.17, 15) is 4.79 Å². The average Bonchev–Trinajstić information content (AvgIpc) is 2.51. The highest BCUT2D eigenvalue weighted by molar-refractivity contribution is 5.75. The van der Waals surface area contributed by atoms with Crippen LogP contribution in [0.3, 0.4) is 0 Å². The van der Waals surface area contributed by atoms with Crippen molar-refractivity contribution in [3.05, 3.63) is 29.8 Å². The number of carbonyl (C=O) groups is 1. The largest absolute Gasteiger partial charge is 0.494 e. The Kier molecular flexibility index (Phi) is 6.46. The summed E-state index contributed by atoms with van der Waals surface area (Å²) < 4.78 is 10.6. The molecule has 0 radical (unpaired) electrons. The molecule has 0 fully saturated rings. The van der Waals surface area contributed by atoms with Crippen molar-refractivity contribution >= 4 is 5.97 Å². The molecule has 0 atom stereocenters. The van der Waals surface area contributed by atoms with Gasteiger partial charge in [-0.1, -0.05) is 32.9 Å². The molecular formula is C19H30O3. The molecule has 0 bridgehead atoms. The second kappa shape index (κ2) is 7.66. The van der Waals surface area contributed by atoms with E-state index in [0.29, 0.717) is 6.61 Å². The molecule has 3 nitrogen and oxygen atoms in total. The maximum absolute atomic E-state index is 11.6. The number of methoxy groups -OCH3 is 1. The van der Waals surface area contributed by atoms with Gasteiger partial charge in [-0.25, -0.2) is 0 Å². The van der Waals surface area contributed by atoms with Crippen molar-refractivity contribution in [3.63, 3.8) is 0 Å². The Labute approximate surface area is 135 Å². The van der Waals surface area contributed by atoms with Gasteiger partial charge in [-0.2, -0.15) is 0 Å². The van der Waals surface area contributed by atoms with Crippen LogP contribution in [-0.2, 0) is 14.9 Å². The highest BCUT2D eigenvalue weighted by Crippen LogP contribution is 2.28. The van der Waals surface area contributed by atoms with Gasteiger partial charge >= 0.3 is 5.97 Å². The molecule has 0 aliphatic heterocycles. The lowest BCUT2D eigenvalue weighted by Crippen LogP contribution is -2.26. The van der Waals surface area contributed by atoms with E-state index in [2.05, 4.69) is 32.9 Å². The van der Waals surface area contributed by atoms with E-state index in [4.69, 9.17) is 9.47 Å². The van der Waals surface area contributed by atoms with Crippen LogP contribution < -0.4 is 4.74 Å². The van der Waals surface area contributed by atoms with Crippen LogP contribution in [0.5, 0.6) is 5.75 Å². The Hall–Kier alpha value is -1.51. The number of ether oxygens (including phenoxy) is 2. The maximum Gasteiger partial charge on any atom is 0.311 e. The topological polar surface area (TPSA) is 35.5 Å². The van der Waals surface area contributed by atoms with Crippen LogP contribution in [0.15, 0.2) is 24.3 Å². The summed E-state index contributed by atoms with van der Waals surface area (Å²) in [6, 6.07) is 8.32. The van der Waals surface area contributed by atoms with Crippen molar-refractivity contribution in [3.8, 4) is 5.75 Å². The van der Waals surface area contributed by atoms with E-state index < -0.39 is 5.41 Å². The third-order valence-electron chi connectivity index (χ3n) is 4.47. The summed E-state index contributed by atoms with van der Waals surface area (Å²) in [7, 11) is 1.43. The van der Waals surface area contributed by atoms with E-state index in [1.54, 1.807) is 0 Å². The fourth-order valence-electron chi connectivity index (χ4n) is 2.29. The Morgan fingerprint density at radius 3 is 2.18 bits per heavy atom. The van der Waals surface area contributed by atoms with E-state index in [0.717, 1.165) is 25.0 Å². The molecule has 0 N–H and O–H groups in total. The number of hydrogen-bond acceptors (Lipinski definition) is 3. The molecule has 0 aliphatic rings. The van der Waals surface area contributed by atoms with Crippen LogP contribution in [0.4, 0.5) is 0 Å². The molecule has 22 heavy (non-hydrogen) atoms. The Morgan fingerprint density at radius 2 is 1.68 bits per heavy atom. The molecule has 1 aromatic carbocycles. The molecule has 0 unspecified atom stereocenters. The predicted octanol–water partition coefficient (Wildman–Crippen LogP) is 4.73. The van der Waals surface area contributed by atoms with Crippen LogP contribution in [0.25, 0.3) is 0 Å². The molecule has 3 heteroatoms. The Morgan fingerprint density at radius 1 is 1.09 bits per heavy atom. The normalized spacial score (nSPS) is 12.1. The first-order valence-corrected chi connectivity index (χ1v) is 8.04. The van der Waals surface area contributed by atoms with Crippen LogP contribution in [0.2, 0.25) is 0 Å². The fraction of sp³-hybridized carbons (Fsp3) is 0.632. The summed E-state index contributed by atoms with van der Waals surface area (Å²) in [5.74, 6) is 0.713. The maximum atomic E-state index is 11.6. The van der Waals surface area contributed by atoms with Gasteiger partial charge in [0.15, 0.2) is 0 Å². The molecular weight excluding hydrogens is 276 g/mol. The van der Waals surface area contributed by atoms with Crippen LogP contribution in [0, 0.1) is 5.41 Å². The van der Waals surface area contributed by atoms with Crippen molar-refractivity contribution in [1.29, 1.82) is 0 Å². The average molecular weight is 306 g/mol. The van der Waals surface area contributed by atoms with Gasteiger partial charge < -0.3 is 9.47 Å². The zero-order chi connectivity index (χ0) is 16.8. The molecule has 0 saturated heterocycles. The molecule has 0 aliphatic carbocycles. The van der Waals surface area contributed by atoms with E-state index in [1.807, 2.05) is 26.0 Å². The highest BCUT2D eigenvalue weighted by atomic mass is 16.5. The number of esters is 1.